The minimum absolute atomic E-state index is 0.0412. The van der Waals surface area contributed by atoms with Crippen molar-refractivity contribution in [2.75, 3.05) is 10.2 Å². The molecular formula is C24H26N4O2. The first-order chi connectivity index (χ1) is 14.5. The van der Waals surface area contributed by atoms with Crippen molar-refractivity contribution in [3.05, 3.63) is 84.1 Å². The zero-order valence-electron chi connectivity index (χ0n) is 17.4. The van der Waals surface area contributed by atoms with Gasteiger partial charge in [-0.05, 0) is 38.0 Å². The Bertz CT molecular complexity index is 994. The first kappa shape index (κ1) is 20.0. The number of hydrogen-bond acceptors (Lipinski definition) is 6. The maximum atomic E-state index is 11.9. The topological polar surface area (TPSA) is 67.4 Å². The fourth-order valence-corrected chi connectivity index (χ4v) is 4.05. The molecule has 1 saturated heterocycles. The third-order valence-electron chi connectivity index (χ3n) is 5.42. The van der Waals surface area contributed by atoms with Crippen molar-refractivity contribution < 1.29 is 9.53 Å². The van der Waals surface area contributed by atoms with Crippen LogP contribution in [0.3, 0.4) is 0 Å². The maximum absolute atomic E-state index is 11.9. The molecule has 30 heavy (non-hydrogen) atoms. The van der Waals surface area contributed by atoms with Gasteiger partial charge >= 0.3 is 0 Å². The molecule has 154 valence electrons. The van der Waals surface area contributed by atoms with E-state index in [1.807, 2.05) is 73.3 Å². The molecule has 6 nitrogen and oxygen atoms in total. The van der Waals surface area contributed by atoms with Crippen LogP contribution in [0.5, 0.6) is 0 Å². The number of carbonyl (C=O) groups excluding carboxylic acids is 1. The van der Waals surface area contributed by atoms with Gasteiger partial charge in [0.2, 0.25) is 5.95 Å². The lowest BCUT2D eigenvalue weighted by atomic mass is 9.91. The monoisotopic (exact) mass is 402 g/mol. The van der Waals surface area contributed by atoms with Gasteiger partial charge in [-0.15, -0.1) is 0 Å². The first-order valence-corrected chi connectivity index (χ1v) is 10.1. The van der Waals surface area contributed by atoms with E-state index in [2.05, 4.69) is 29.4 Å². The van der Waals surface area contributed by atoms with Gasteiger partial charge in [-0.2, -0.15) is 4.98 Å². The quantitative estimate of drug-likeness (QED) is 0.611. The molecule has 6 heteroatoms. The van der Waals surface area contributed by atoms with Crippen molar-refractivity contribution in [2.24, 2.45) is 0 Å². The molecule has 0 saturated carbocycles. The summed E-state index contributed by atoms with van der Waals surface area (Å²) in [5, 5.41) is 3.35. The number of anilines is 2. The van der Waals surface area contributed by atoms with E-state index in [0.29, 0.717) is 11.8 Å². The molecule has 1 fully saturated rings. The van der Waals surface area contributed by atoms with E-state index in [4.69, 9.17) is 9.72 Å². The highest BCUT2D eigenvalue weighted by atomic mass is 16.5. The molecule has 4 rings (SSSR count). The summed E-state index contributed by atoms with van der Waals surface area (Å²) in [6, 6.07) is 21.9. The average Bonchev–Trinajstić information content (AvgIpc) is 3.05. The van der Waals surface area contributed by atoms with E-state index in [1.54, 1.807) is 6.20 Å². The van der Waals surface area contributed by atoms with Gasteiger partial charge in [-0.1, -0.05) is 60.7 Å². The number of nitrogens with one attached hydrogen (secondary N) is 1. The average molecular weight is 402 g/mol. The third kappa shape index (κ3) is 3.91. The Morgan fingerprint density at radius 3 is 2.40 bits per heavy atom. The van der Waals surface area contributed by atoms with Crippen LogP contribution in [-0.4, -0.2) is 28.1 Å². The summed E-state index contributed by atoms with van der Waals surface area (Å²) < 4.78 is 6.10. The fraction of sp³-hybridized carbons (Fsp3) is 0.292. The highest BCUT2D eigenvalue weighted by Gasteiger charge is 2.49. The lowest BCUT2D eigenvalue weighted by molar-refractivity contribution is -0.120. The Balaban J connectivity index is 1.67. The van der Waals surface area contributed by atoms with E-state index in [0.717, 1.165) is 17.4 Å². The van der Waals surface area contributed by atoms with Gasteiger partial charge < -0.3 is 15.0 Å². The standard InChI is InChI=1S/C24H26N4O2/c1-17(18-10-6-4-7-11-18)26-23-25-15-14-20(27-23)28-21(16-29)30-24(2,3)22(28)19-12-8-5-9-13-19/h4-17,21-22H,1-3H3,(H,25,26,27)/t17-,21?,22-/m0/s1. The van der Waals surface area contributed by atoms with Crippen molar-refractivity contribution in [3.63, 3.8) is 0 Å². The molecule has 1 aromatic heterocycles. The zero-order valence-corrected chi connectivity index (χ0v) is 17.4. The summed E-state index contributed by atoms with van der Waals surface area (Å²) in [7, 11) is 0. The van der Waals surface area contributed by atoms with Crippen LogP contribution in [0.2, 0.25) is 0 Å². The largest absolute Gasteiger partial charge is 0.348 e. The van der Waals surface area contributed by atoms with Crippen molar-refractivity contribution in [1.82, 2.24) is 9.97 Å². The molecule has 3 atom stereocenters. The van der Waals surface area contributed by atoms with Crippen LogP contribution in [-0.2, 0) is 9.53 Å². The highest BCUT2D eigenvalue weighted by Crippen LogP contribution is 2.44. The summed E-state index contributed by atoms with van der Waals surface area (Å²) in [4.78, 5) is 22.9. The van der Waals surface area contributed by atoms with Crippen LogP contribution < -0.4 is 10.2 Å². The smallest absolute Gasteiger partial charge is 0.225 e. The number of aromatic nitrogens is 2. The molecule has 2 heterocycles. The molecule has 1 unspecified atom stereocenters. The summed E-state index contributed by atoms with van der Waals surface area (Å²) >= 11 is 0. The van der Waals surface area contributed by atoms with Crippen LogP contribution in [0, 0.1) is 0 Å². The molecule has 2 aromatic carbocycles. The molecule has 1 N–H and O–H groups in total. The van der Waals surface area contributed by atoms with E-state index in [9.17, 15) is 4.79 Å². The van der Waals surface area contributed by atoms with Gasteiger partial charge in [0.1, 0.15) is 5.82 Å². The third-order valence-corrected chi connectivity index (χ3v) is 5.42. The molecule has 0 radical (unpaired) electrons. The predicted molar refractivity (Wildman–Crippen MR) is 117 cm³/mol. The van der Waals surface area contributed by atoms with E-state index < -0.39 is 11.8 Å². The molecule has 3 aromatic rings. The number of rotatable bonds is 6. The number of ether oxygens (including phenoxy) is 1. The summed E-state index contributed by atoms with van der Waals surface area (Å²) in [6.07, 6.45) is 1.81. The van der Waals surface area contributed by atoms with E-state index in [1.165, 1.54) is 0 Å². The van der Waals surface area contributed by atoms with Crippen molar-refractivity contribution >= 4 is 18.1 Å². The summed E-state index contributed by atoms with van der Waals surface area (Å²) in [5.74, 6) is 1.15. The SMILES string of the molecule is C[C@H](Nc1nccc(N2C(C=O)OC(C)(C)[C@@H]2c2ccccc2)n1)c1ccccc1. The van der Waals surface area contributed by atoms with Crippen LogP contribution in [0.1, 0.15) is 44.0 Å². The molecular weight excluding hydrogens is 376 g/mol. The normalized spacial score (nSPS) is 21.2. The van der Waals surface area contributed by atoms with E-state index >= 15 is 0 Å². The minimum Gasteiger partial charge on any atom is -0.348 e. The Labute approximate surface area is 176 Å². The number of hydrogen-bond donors (Lipinski definition) is 1. The second kappa shape index (κ2) is 8.24. The Morgan fingerprint density at radius 1 is 1.07 bits per heavy atom. The molecule has 1 aliphatic heterocycles. The van der Waals surface area contributed by atoms with Crippen LogP contribution in [0.4, 0.5) is 11.8 Å². The Kier molecular flexibility index (Phi) is 5.50. The number of carbonyl (C=O) groups is 1. The number of nitrogens with zero attached hydrogens (tertiary/aromatic N) is 3. The molecule has 0 spiro atoms. The van der Waals surface area contributed by atoms with Crippen LogP contribution >= 0.6 is 0 Å². The lowest BCUT2D eigenvalue weighted by Crippen LogP contribution is -2.36. The summed E-state index contributed by atoms with van der Waals surface area (Å²) in [5.41, 5.74) is 1.64. The summed E-state index contributed by atoms with van der Waals surface area (Å²) in [6.45, 7) is 6.06. The second-order valence-electron chi connectivity index (χ2n) is 7.98. The van der Waals surface area contributed by atoms with Gasteiger partial charge in [0.25, 0.3) is 0 Å². The minimum atomic E-state index is -0.723. The predicted octanol–water partition coefficient (Wildman–Crippen LogP) is 4.53. The number of aldehydes is 1. The van der Waals surface area contributed by atoms with Gasteiger partial charge in [-0.3, -0.25) is 4.79 Å². The van der Waals surface area contributed by atoms with Gasteiger partial charge in [-0.25, -0.2) is 4.98 Å². The fourth-order valence-electron chi connectivity index (χ4n) is 4.05. The van der Waals surface area contributed by atoms with Crippen LogP contribution in [0.25, 0.3) is 0 Å². The van der Waals surface area contributed by atoms with Crippen molar-refractivity contribution in [3.8, 4) is 0 Å². The second-order valence-corrected chi connectivity index (χ2v) is 7.98. The zero-order chi connectivity index (χ0) is 21.1. The van der Waals surface area contributed by atoms with Crippen molar-refractivity contribution in [1.29, 1.82) is 0 Å². The van der Waals surface area contributed by atoms with E-state index in [-0.39, 0.29) is 12.1 Å². The molecule has 0 aliphatic carbocycles. The maximum Gasteiger partial charge on any atom is 0.225 e. The first-order valence-electron chi connectivity index (χ1n) is 10.1. The molecule has 0 amide bonds. The molecule has 1 aliphatic rings. The number of benzene rings is 2. The van der Waals surface area contributed by atoms with Crippen molar-refractivity contribution in [2.45, 2.75) is 44.7 Å². The van der Waals surface area contributed by atoms with Gasteiger partial charge in [0.15, 0.2) is 12.5 Å². The van der Waals surface area contributed by atoms with Crippen LogP contribution in [0.15, 0.2) is 72.9 Å². The highest BCUT2D eigenvalue weighted by molar-refractivity contribution is 5.66. The molecule has 0 bridgehead atoms. The Hall–Kier alpha value is -3.25. The Morgan fingerprint density at radius 2 is 1.73 bits per heavy atom. The lowest BCUT2D eigenvalue weighted by Gasteiger charge is -2.32. The van der Waals surface area contributed by atoms with Gasteiger partial charge in [0.05, 0.1) is 17.7 Å². The van der Waals surface area contributed by atoms with Gasteiger partial charge in [0, 0.05) is 6.20 Å².